The summed E-state index contributed by atoms with van der Waals surface area (Å²) < 4.78 is 0. The quantitative estimate of drug-likeness (QED) is 0.429. The highest BCUT2D eigenvalue weighted by Crippen LogP contribution is 2.06. The van der Waals surface area contributed by atoms with Crippen LogP contribution >= 0.6 is 0 Å². The molecule has 0 aromatic rings. The zero-order chi connectivity index (χ0) is 17.1. The van der Waals surface area contributed by atoms with Crippen molar-refractivity contribution >= 4 is 17.7 Å². The minimum atomic E-state index is -0.726. The van der Waals surface area contributed by atoms with Crippen molar-refractivity contribution in [2.45, 2.75) is 65.0 Å². The fourth-order valence-corrected chi connectivity index (χ4v) is 2.07. The van der Waals surface area contributed by atoms with Crippen LogP contribution in [0.5, 0.6) is 0 Å². The molecule has 0 aromatic heterocycles. The van der Waals surface area contributed by atoms with E-state index in [1.54, 1.807) is 0 Å². The molecule has 128 valence electrons. The Kier molecular flexibility index (Phi) is 10.2. The zero-order valence-corrected chi connectivity index (χ0v) is 13.9. The monoisotopic (exact) mass is 314 g/mol. The van der Waals surface area contributed by atoms with Gasteiger partial charge in [0, 0.05) is 6.42 Å². The second-order valence-electron chi connectivity index (χ2n) is 5.89. The molecule has 0 heterocycles. The maximum absolute atomic E-state index is 12.3. The average Bonchev–Trinajstić information content (AvgIpc) is 2.42. The second-order valence-corrected chi connectivity index (χ2v) is 5.89. The van der Waals surface area contributed by atoms with Crippen LogP contribution in [0, 0.1) is 5.92 Å². The summed E-state index contributed by atoms with van der Waals surface area (Å²) in [7, 11) is 0. The Morgan fingerprint density at radius 3 is 2.18 bits per heavy atom. The number of hydrogen-bond donors (Lipinski definition) is 4. The van der Waals surface area contributed by atoms with Crippen molar-refractivity contribution in [2.24, 2.45) is 17.4 Å². The predicted octanol–water partition coefficient (Wildman–Crippen LogP) is 0.0264. The Labute approximate surface area is 132 Å². The Morgan fingerprint density at radius 1 is 1.09 bits per heavy atom. The minimum Gasteiger partial charge on any atom is -0.368 e. The molecule has 0 radical (unpaired) electrons. The van der Waals surface area contributed by atoms with Crippen LogP contribution < -0.4 is 22.1 Å². The van der Waals surface area contributed by atoms with Gasteiger partial charge in [-0.2, -0.15) is 0 Å². The van der Waals surface area contributed by atoms with Gasteiger partial charge in [0.25, 0.3) is 0 Å². The summed E-state index contributed by atoms with van der Waals surface area (Å²) in [6, 6.07) is -1.41. The van der Waals surface area contributed by atoms with Gasteiger partial charge in [-0.25, -0.2) is 0 Å². The van der Waals surface area contributed by atoms with Gasteiger partial charge in [0.05, 0.1) is 0 Å². The van der Waals surface area contributed by atoms with Gasteiger partial charge in [-0.15, -0.1) is 0 Å². The molecule has 0 fully saturated rings. The molecule has 0 rings (SSSR count). The van der Waals surface area contributed by atoms with E-state index < -0.39 is 18.0 Å². The smallest absolute Gasteiger partial charge is 0.243 e. The fourth-order valence-electron chi connectivity index (χ4n) is 2.07. The Balaban J connectivity index is 4.77. The molecule has 0 aliphatic heterocycles. The largest absolute Gasteiger partial charge is 0.368 e. The number of hydrogen-bond acceptors (Lipinski definition) is 4. The summed E-state index contributed by atoms with van der Waals surface area (Å²) in [4.78, 5) is 35.4. The molecule has 0 aliphatic rings. The first-order chi connectivity index (χ1) is 10.3. The van der Waals surface area contributed by atoms with E-state index in [1.165, 1.54) is 0 Å². The van der Waals surface area contributed by atoms with Crippen LogP contribution in [-0.4, -0.2) is 36.3 Å². The number of carbonyl (C=O) groups excluding carboxylic acids is 3. The minimum absolute atomic E-state index is 0.181. The molecule has 6 N–H and O–H groups in total. The van der Waals surface area contributed by atoms with Gasteiger partial charge < -0.3 is 22.1 Å². The second kappa shape index (κ2) is 11.0. The first-order valence-corrected chi connectivity index (χ1v) is 7.90. The number of nitrogens with one attached hydrogen (secondary N) is 2. The summed E-state index contributed by atoms with van der Waals surface area (Å²) >= 11 is 0. The lowest BCUT2D eigenvalue weighted by molar-refractivity contribution is -0.131. The first-order valence-electron chi connectivity index (χ1n) is 7.90. The van der Waals surface area contributed by atoms with Crippen molar-refractivity contribution < 1.29 is 14.4 Å². The highest BCUT2D eigenvalue weighted by Gasteiger charge is 2.25. The van der Waals surface area contributed by atoms with E-state index in [0.717, 1.165) is 0 Å². The fraction of sp³-hybridized carbons (Fsp3) is 0.800. The highest BCUT2D eigenvalue weighted by atomic mass is 16.2. The molecule has 0 aliphatic carbocycles. The molecule has 0 aromatic carbocycles. The molecule has 2 atom stereocenters. The third kappa shape index (κ3) is 8.61. The lowest BCUT2D eigenvalue weighted by atomic mass is 10.0. The van der Waals surface area contributed by atoms with Crippen molar-refractivity contribution in [2.75, 3.05) is 6.54 Å². The lowest BCUT2D eigenvalue weighted by Crippen LogP contribution is -2.53. The van der Waals surface area contributed by atoms with Crippen LogP contribution in [0.3, 0.4) is 0 Å². The van der Waals surface area contributed by atoms with Crippen molar-refractivity contribution in [1.82, 2.24) is 10.6 Å². The van der Waals surface area contributed by atoms with Gasteiger partial charge in [-0.05, 0) is 38.1 Å². The third-order valence-corrected chi connectivity index (χ3v) is 3.19. The van der Waals surface area contributed by atoms with E-state index in [1.807, 2.05) is 20.8 Å². The number of carbonyl (C=O) groups is 3. The predicted molar refractivity (Wildman–Crippen MR) is 85.7 cm³/mol. The molecule has 0 spiro atoms. The third-order valence-electron chi connectivity index (χ3n) is 3.19. The van der Waals surface area contributed by atoms with Crippen molar-refractivity contribution in [3.8, 4) is 0 Å². The molecule has 2 unspecified atom stereocenters. The molecule has 7 heteroatoms. The Hall–Kier alpha value is -1.63. The van der Waals surface area contributed by atoms with E-state index in [4.69, 9.17) is 11.5 Å². The Bertz CT molecular complexity index is 372. The van der Waals surface area contributed by atoms with Crippen LogP contribution in [0.1, 0.15) is 52.9 Å². The van der Waals surface area contributed by atoms with Crippen LogP contribution in [0.15, 0.2) is 0 Å². The van der Waals surface area contributed by atoms with Crippen LogP contribution in [0.25, 0.3) is 0 Å². The molecule has 3 amide bonds. The van der Waals surface area contributed by atoms with Crippen LogP contribution in [0.4, 0.5) is 0 Å². The SMILES string of the molecule is CCCC(=O)NC(CCCN)C(=O)NC(CC(C)C)C(N)=O. The van der Waals surface area contributed by atoms with E-state index >= 15 is 0 Å². The summed E-state index contributed by atoms with van der Waals surface area (Å²) in [5, 5.41) is 5.33. The molecule has 22 heavy (non-hydrogen) atoms. The standard InChI is InChI=1S/C15H30N4O3/c1-4-6-13(20)18-11(7-5-8-16)15(22)19-12(14(17)21)9-10(2)3/h10-12H,4-9,16H2,1-3H3,(H2,17,21)(H,18,20)(H,19,22). The first kappa shape index (κ1) is 20.4. The normalized spacial score (nSPS) is 13.5. The summed E-state index contributed by atoms with van der Waals surface area (Å²) in [5.41, 5.74) is 10.8. The Morgan fingerprint density at radius 2 is 1.73 bits per heavy atom. The van der Waals surface area contributed by atoms with Crippen LogP contribution in [-0.2, 0) is 14.4 Å². The topological polar surface area (TPSA) is 127 Å². The van der Waals surface area contributed by atoms with Crippen LogP contribution in [0.2, 0.25) is 0 Å². The maximum atomic E-state index is 12.3. The number of primary amides is 1. The van der Waals surface area contributed by atoms with Gasteiger partial charge in [0.15, 0.2) is 0 Å². The van der Waals surface area contributed by atoms with E-state index in [-0.39, 0.29) is 17.7 Å². The lowest BCUT2D eigenvalue weighted by Gasteiger charge is -2.22. The summed E-state index contributed by atoms with van der Waals surface area (Å²) in [5.74, 6) is -0.920. The molecular weight excluding hydrogens is 284 g/mol. The van der Waals surface area contributed by atoms with E-state index in [2.05, 4.69) is 10.6 Å². The van der Waals surface area contributed by atoms with E-state index in [9.17, 15) is 14.4 Å². The summed E-state index contributed by atoms with van der Waals surface area (Å²) in [6.07, 6.45) is 2.57. The van der Waals surface area contributed by atoms with Crippen molar-refractivity contribution in [3.63, 3.8) is 0 Å². The molecule has 0 saturated carbocycles. The zero-order valence-electron chi connectivity index (χ0n) is 13.9. The van der Waals surface area contributed by atoms with E-state index in [0.29, 0.717) is 38.6 Å². The highest BCUT2D eigenvalue weighted by molar-refractivity contribution is 5.91. The van der Waals surface area contributed by atoms with Gasteiger partial charge in [0.1, 0.15) is 12.1 Å². The van der Waals surface area contributed by atoms with Gasteiger partial charge >= 0.3 is 0 Å². The molecule has 7 nitrogen and oxygen atoms in total. The number of rotatable bonds is 11. The molecule has 0 saturated heterocycles. The molecular formula is C15H30N4O3. The van der Waals surface area contributed by atoms with Gasteiger partial charge in [-0.3, -0.25) is 14.4 Å². The summed E-state index contributed by atoms with van der Waals surface area (Å²) in [6.45, 7) is 6.20. The number of nitrogens with two attached hydrogens (primary N) is 2. The van der Waals surface area contributed by atoms with Crippen molar-refractivity contribution in [3.05, 3.63) is 0 Å². The van der Waals surface area contributed by atoms with Gasteiger partial charge in [0.2, 0.25) is 17.7 Å². The van der Waals surface area contributed by atoms with Gasteiger partial charge in [-0.1, -0.05) is 20.8 Å². The average molecular weight is 314 g/mol. The number of amides is 3. The van der Waals surface area contributed by atoms with Crippen molar-refractivity contribution in [1.29, 1.82) is 0 Å². The molecule has 0 bridgehead atoms. The maximum Gasteiger partial charge on any atom is 0.243 e.